The molecule has 0 bridgehead atoms. The monoisotopic (exact) mass is 446 g/mol. The van der Waals surface area contributed by atoms with Crippen molar-refractivity contribution in [2.45, 2.75) is 17.3 Å². The third-order valence-electron chi connectivity index (χ3n) is 4.78. The zero-order chi connectivity index (χ0) is 22.2. The van der Waals surface area contributed by atoms with Crippen molar-refractivity contribution in [1.82, 2.24) is 20.6 Å². The molecule has 0 saturated carbocycles. The number of para-hydroxylation sites is 1. The summed E-state index contributed by atoms with van der Waals surface area (Å²) in [7, 11) is 0. The van der Waals surface area contributed by atoms with Crippen molar-refractivity contribution in [2.75, 3.05) is 13.1 Å². The number of hydrogen-bond donors (Lipinski definition) is 2. The molecule has 0 aliphatic carbocycles. The summed E-state index contributed by atoms with van der Waals surface area (Å²) in [5, 5.41) is 6.95. The van der Waals surface area contributed by atoms with Crippen molar-refractivity contribution in [3.05, 3.63) is 89.9 Å². The molecule has 2 aromatic carbocycles. The second-order valence-electron chi connectivity index (χ2n) is 6.99. The Labute approximate surface area is 189 Å². The number of carbonyl (C=O) groups is 2. The van der Waals surface area contributed by atoms with Gasteiger partial charge in [0.25, 0.3) is 5.91 Å². The van der Waals surface area contributed by atoms with Gasteiger partial charge in [0.05, 0.1) is 6.54 Å². The van der Waals surface area contributed by atoms with Crippen molar-refractivity contribution in [1.29, 1.82) is 0 Å². The molecule has 0 atom stereocenters. The number of aromatic nitrogens is 2. The van der Waals surface area contributed by atoms with Crippen molar-refractivity contribution in [2.24, 2.45) is 0 Å². The number of hydrogen-bond acceptors (Lipinski definition) is 6. The summed E-state index contributed by atoms with van der Waals surface area (Å²) in [5.41, 5.74) is 2.51. The van der Waals surface area contributed by atoms with Crippen LogP contribution in [0.25, 0.3) is 11.0 Å². The van der Waals surface area contributed by atoms with E-state index in [1.54, 1.807) is 18.5 Å². The zero-order valence-electron chi connectivity index (χ0n) is 17.3. The Bertz CT molecular complexity index is 1200. The lowest BCUT2D eigenvalue weighted by Crippen LogP contribution is -2.37. The van der Waals surface area contributed by atoms with E-state index in [0.717, 1.165) is 22.9 Å². The molecule has 0 fully saturated rings. The number of thioether (sulfide) groups is 1. The molecular formula is C24H22N4O3S. The minimum absolute atomic E-state index is 0.126. The third kappa shape index (κ3) is 5.53. The lowest BCUT2D eigenvalue weighted by atomic mass is 10.1. The van der Waals surface area contributed by atoms with Gasteiger partial charge in [-0.05, 0) is 24.1 Å². The molecule has 2 aromatic heterocycles. The van der Waals surface area contributed by atoms with Crippen LogP contribution in [-0.2, 0) is 17.0 Å². The van der Waals surface area contributed by atoms with Gasteiger partial charge in [-0.3, -0.25) is 9.59 Å². The van der Waals surface area contributed by atoms with E-state index < -0.39 is 5.91 Å². The first-order valence-corrected chi connectivity index (χ1v) is 11.2. The van der Waals surface area contributed by atoms with Gasteiger partial charge in [0.15, 0.2) is 10.9 Å². The van der Waals surface area contributed by atoms with E-state index in [4.69, 9.17) is 4.42 Å². The van der Waals surface area contributed by atoms with Crippen molar-refractivity contribution < 1.29 is 14.0 Å². The first-order valence-electron chi connectivity index (χ1n) is 10.2. The molecule has 2 N–H and O–H groups in total. The standard InChI is InChI=1S/C24H22N4O3S/c29-21(25-14-11-17-7-2-1-3-8-17)15-28-23(30)22-19(16-32-24-26-12-6-13-27-24)18-9-4-5-10-20(18)31-22/h1-10,12-13H,11,14-16H2,(H,25,29)(H,28,30). The summed E-state index contributed by atoms with van der Waals surface area (Å²) in [4.78, 5) is 33.4. The van der Waals surface area contributed by atoms with Gasteiger partial charge in [-0.25, -0.2) is 9.97 Å². The summed E-state index contributed by atoms with van der Waals surface area (Å²) >= 11 is 1.42. The molecule has 0 radical (unpaired) electrons. The number of benzene rings is 2. The summed E-state index contributed by atoms with van der Waals surface area (Å²) < 4.78 is 5.82. The molecule has 0 unspecified atom stereocenters. The van der Waals surface area contributed by atoms with E-state index in [1.165, 1.54) is 11.8 Å². The zero-order valence-corrected chi connectivity index (χ0v) is 18.1. The predicted molar refractivity (Wildman–Crippen MR) is 123 cm³/mol. The van der Waals surface area contributed by atoms with Crippen LogP contribution in [0.1, 0.15) is 21.7 Å². The van der Waals surface area contributed by atoms with Crippen LogP contribution in [0.2, 0.25) is 0 Å². The van der Waals surface area contributed by atoms with Gasteiger partial charge >= 0.3 is 0 Å². The largest absolute Gasteiger partial charge is 0.451 e. The number of nitrogens with zero attached hydrogens (tertiary/aromatic N) is 2. The fraction of sp³-hybridized carbons (Fsp3) is 0.167. The number of nitrogens with one attached hydrogen (secondary N) is 2. The van der Waals surface area contributed by atoms with Crippen LogP contribution in [0.15, 0.2) is 82.6 Å². The minimum atomic E-state index is -0.427. The first kappa shape index (κ1) is 21.6. The Kier molecular flexibility index (Phi) is 7.14. The van der Waals surface area contributed by atoms with E-state index in [2.05, 4.69) is 20.6 Å². The Morgan fingerprint density at radius 2 is 1.66 bits per heavy atom. The molecule has 0 saturated heterocycles. The van der Waals surface area contributed by atoms with Crippen molar-refractivity contribution in [3.63, 3.8) is 0 Å². The average molecular weight is 447 g/mol. The summed E-state index contributed by atoms with van der Waals surface area (Å²) in [6.45, 7) is 0.376. The van der Waals surface area contributed by atoms with Crippen LogP contribution in [0.4, 0.5) is 0 Å². The lowest BCUT2D eigenvalue weighted by Gasteiger charge is -2.07. The second-order valence-corrected chi connectivity index (χ2v) is 7.94. The maximum absolute atomic E-state index is 12.8. The molecule has 0 aliphatic heterocycles. The van der Waals surface area contributed by atoms with Crippen LogP contribution >= 0.6 is 11.8 Å². The van der Waals surface area contributed by atoms with Gasteiger partial charge in [-0.15, -0.1) is 0 Å². The quantitative estimate of drug-likeness (QED) is 0.301. The van der Waals surface area contributed by atoms with Gasteiger partial charge in [0, 0.05) is 35.6 Å². The first-order chi connectivity index (χ1) is 15.7. The fourth-order valence-electron chi connectivity index (χ4n) is 3.22. The SMILES string of the molecule is O=C(CNC(=O)c1oc2ccccc2c1CSc1ncccn1)NCCc1ccccc1. The van der Waals surface area contributed by atoms with Gasteiger partial charge in [0.1, 0.15) is 5.58 Å². The molecule has 0 spiro atoms. The van der Waals surface area contributed by atoms with E-state index in [-0.39, 0.29) is 18.2 Å². The maximum atomic E-state index is 12.8. The molecule has 8 heteroatoms. The number of amides is 2. The van der Waals surface area contributed by atoms with Gasteiger partial charge in [-0.2, -0.15) is 0 Å². The molecule has 4 rings (SSSR count). The third-order valence-corrected chi connectivity index (χ3v) is 5.68. The second kappa shape index (κ2) is 10.6. The average Bonchev–Trinajstić information content (AvgIpc) is 3.21. The highest BCUT2D eigenvalue weighted by molar-refractivity contribution is 7.98. The van der Waals surface area contributed by atoms with Crippen LogP contribution in [0.5, 0.6) is 0 Å². The predicted octanol–water partition coefficient (Wildman–Crippen LogP) is 3.60. The maximum Gasteiger partial charge on any atom is 0.287 e. The van der Waals surface area contributed by atoms with E-state index in [9.17, 15) is 9.59 Å². The summed E-state index contributed by atoms with van der Waals surface area (Å²) in [6.07, 6.45) is 4.08. The van der Waals surface area contributed by atoms with Crippen LogP contribution in [0.3, 0.4) is 0 Å². The molecule has 162 valence electrons. The number of rotatable bonds is 9. The van der Waals surface area contributed by atoms with Gasteiger partial charge in [0.2, 0.25) is 5.91 Å². The fourth-order valence-corrected chi connectivity index (χ4v) is 4.05. The van der Waals surface area contributed by atoms with Crippen LogP contribution in [-0.4, -0.2) is 34.9 Å². The highest BCUT2D eigenvalue weighted by atomic mass is 32.2. The Morgan fingerprint density at radius 1 is 0.906 bits per heavy atom. The highest BCUT2D eigenvalue weighted by Crippen LogP contribution is 2.30. The normalized spacial score (nSPS) is 10.8. The molecule has 2 amide bonds. The Morgan fingerprint density at radius 3 is 2.47 bits per heavy atom. The molecule has 0 aliphatic rings. The number of fused-ring (bicyclic) bond motifs is 1. The molecule has 7 nitrogen and oxygen atoms in total. The smallest absolute Gasteiger partial charge is 0.287 e. The highest BCUT2D eigenvalue weighted by Gasteiger charge is 2.21. The molecule has 2 heterocycles. The Balaban J connectivity index is 1.37. The summed E-state index contributed by atoms with van der Waals surface area (Å²) in [6, 6.07) is 19.1. The topological polar surface area (TPSA) is 97.1 Å². The summed E-state index contributed by atoms with van der Waals surface area (Å²) in [5.74, 6) is -0.0118. The van der Waals surface area contributed by atoms with E-state index >= 15 is 0 Å². The number of carbonyl (C=O) groups excluding carboxylic acids is 2. The van der Waals surface area contributed by atoms with Crippen molar-refractivity contribution >= 4 is 34.5 Å². The molecular weight excluding hydrogens is 424 g/mol. The van der Waals surface area contributed by atoms with Gasteiger partial charge in [-0.1, -0.05) is 60.3 Å². The van der Waals surface area contributed by atoms with Crippen molar-refractivity contribution in [3.8, 4) is 0 Å². The van der Waals surface area contributed by atoms with E-state index in [1.807, 2.05) is 54.6 Å². The minimum Gasteiger partial charge on any atom is -0.451 e. The molecule has 4 aromatic rings. The lowest BCUT2D eigenvalue weighted by molar-refractivity contribution is -0.120. The van der Waals surface area contributed by atoms with Crippen LogP contribution < -0.4 is 10.6 Å². The van der Waals surface area contributed by atoms with Crippen LogP contribution in [0, 0.1) is 0 Å². The number of furan rings is 1. The Hall–Kier alpha value is -3.65. The molecule has 32 heavy (non-hydrogen) atoms. The van der Waals surface area contributed by atoms with Gasteiger partial charge < -0.3 is 15.1 Å². The van der Waals surface area contributed by atoms with E-state index in [0.29, 0.717) is 23.0 Å².